The van der Waals surface area contributed by atoms with Crippen molar-refractivity contribution in [2.75, 3.05) is 13.1 Å². The molecule has 0 aliphatic carbocycles. The zero-order chi connectivity index (χ0) is 20.0. The van der Waals surface area contributed by atoms with E-state index in [-0.39, 0.29) is 48.2 Å². The van der Waals surface area contributed by atoms with E-state index in [9.17, 15) is 24.1 Å². The molecule has 27 heavy (non-hydrogen) atoms. The molecule has 0 aromatic heterocycles. The van der Waals surface area contributed by atoms with Gasteiger partial charge in [0.2, 0.25) is 5.91 Å². The van der Waals surface area contributed by atoms with Crippen molar-refractivity contribution in [1.82, 2.24) is 10.2 Å². The maximum atomic E-state index is 12.9. The minimum absolute atomic E-state index is 0.141. The van der Waals surface area contributed by atoms with Crippen LogP contribution in [0.15, 0.2) is 42.5 Å². The van der Waals surface area contributed by atoms with Gasteiger partial charge in [-0.2, -0.15) is 0 Å². The summed E-state index contributed by atoms with van der Waals surface area (Å²) in [4.78, 5) is 36.7. The van der Waals surface area contributed by atoms with Gasteiger partial charge in [-0.3, -0.25) is 19.7 Å². The zero-order valence-electron chi connectivity index (χ0n) is 15.1. The molecule has 0 atom stereocenters. The van der Waals surface area contributed by atoms with E-state index in [1.807, 2.05) is 0 Å². The number of rotatable bonds is 7. The molecule has 0 saturated heterocycles. The van der Waals surface area contributed by atoms with E-state index in [1.165, 1.54) is 42.2 Å². The quantitative estimate of drug-likeness (QED) is 0.597. The van der Waals surface area contributed by atoms with Crippen LogP contribution >= 0.6 is 0 Å². The predicted octanol–water partition coefficient (Wildman–Crippen LogP) is 2.82. The Morgan fingerprint density at radius 2 is 1.85 bits per heavy atom. The molecule has 0 unspecified atom stereocenters. The minimum Gasteiger partial charge on any atom is -0.350 e. The lowest BCUT2D eigenvalue weighted by Crippen LogP contribution is -2.40. The van der Waals surface area contributed by atoms with Crippen LogP contribution in [0.1, 0.15) is 28.4 Å². The summed E-state index contributed by atoms with van der Waals surface area (Å²) in [5, 5.41) is 13.7. The molecule has 2 amide bonds. The molecular formula is C19H20FN3O4. The largest absolute Gasteiger partial charge is 0.350 e. The van der Waals surface area contributed by atoms with Crippen LogP contribution in [-0.4, -0.2) is 34.7 Å². The summed E-state index contributed by atoms with van der Waals surface area (Å²) in [6.45, 7) is 3.52. The first-order valence-corrected chi connectivity index (χ1v) is 8.38. The number of carbonyl (C=O) groups excluding carboxylic acids is 2. The average Bonchev–Trinajstić information content (AvgIpc) is 2.65. The lowest BCUT2D eigenvalue weighted by molar-refractivity contribution is -0.385. The SMILES string of the molecule is CCN(CC(=O)NCc1ccc(F)cc1)C(=O)c1cccc([N+](=O)[O-])c1C. The van der Waals surface area contributed by atoms with E-state index in [1.54, 1.807) is 19.1 Å². The second kappa shape index (κ2) is 8.88. The lowest BCUT2D eigenvalue weighted by Gasteiger charge is -2.21. The number of nitro benzene ring substituents is 1. The molecule has 0 fully saturated rings. The van der Waals surface area contributed by atoms with Gasteiger partial charge in [-0.25, -0.2) is 4.39 Å². The van der Waals surface area contributed by atoms with Crippen molar-refractivity contribution in [3.8, 4) is 0 Å². The van der Waals surface area contributed by atoms with Gasteiger partial charge in [0.15, 0.2) is 0 Å². The third-order valence-electron chi connectivity index (χ3n) is 4.14. The number of halogens is 1. The first-order valence-electron chi connectivity index (χ1n) is 8.38. The summed E-state index contributed by atoms with van der Waals surface area (Å²) in [6, 6.07) is 10.0. The summed E-state index contributed by atoms with van der Waals surface area (Å²) in [6.07, 6.45) is 0. The molecule has 0 aliphatic heterocycles. The van der Waals surface area contributed by atoms with Gasteiger partial charge in [-0.15, -0.1) is 0 Å². The van der Waals surface area contributed by atoms with Gasteiger partial charge in [0, 0.05) is 30.3 Å². The number of likely N-dealkylation sites (N-methyl/N-ethyl adjacent to an activating group) is 1. The Labute approximate surface area is 155 Å². The van der Waals surface area contributed by atoms with E-state index < -0.39 is 10.8 Å². The van der Waals surface area contributed by atoms with E-state index in [4.69, 9.17) is 0 Å². The molecule has 0 bridgehead atoms. The Morgan fingerprint density at radius 3 is 2.44 bits per heavy atom. The van der Waals surface area contributed by atoms with Crippen molar-refractivity contribution in [3.63, 3.8) is 0 Å². The number of amides is 2. The van der Waals surface area contributed by atoms with Gasteiger partial charge >= 0.3 is 0 Å². The normalized spacial score (nSPS) is 10.3. The highest BCUT2D eigenvalue weighted by molar-refractivity contribution is 5.98. The first kappa shape index (κ1) is 20.0. The standard InChI is InChI=1S/C19H20FN3O4/c1-3-22(12-18(24)21-11-14-7-9-15(20)10-8-14)19(25)16-5-4-6-17(13(16)2)23(26)27/h4-10H,3,11-12H2,1-2H3,(H,21,24). The number of nitrogens with zero attached hydrogens (tertiary/aromatic N) is 2. The Bertz CT molecular complexity index is 853. The fourth-order valence-corrected chi connectivity index (χ4v) is 2.58. The second-order valence-corrected chi connectivity index (χ2v) is 5.93. The monoisotopic (exact) mass is 373 g/mol. The molecule has 0 spiro atoms. The van der Waals surface area contributed by atoms with Crippen LogP contribution in [0.4, 0.5) is 10.1 Å². The molecule has 0 heterocycles. The van der Waals surface area contributed by atoms with Crippen molar-refractivity contribution in [2.24, 2.45) is 0 Å². The molecule has 1 N–H and O–H groups in total. The zero-order valence-corrected chi connectivity index (χ0v) is 15.1. The highest BCUT2D eigenvalue weighted by Crippen LogP contribution is 2.22. The fourth-order valence-electron chi connectivity index (χ4n) is 2.58. The van der Waals surface area contributed by atoms with Crippen molar-refractivity contribution < 1.29 is 18.9 Å². The van der Waals surface area contributed by atoms with E-state index in [0.717, 1.165) is 5.56 Å². The number of benzene rings is 2. The molecular weight excluding hydrogens is 353 g/mol. The maximum absolute atomic E-state index is 12.9. The molecule has 2 aromatic carbocycles. The average molecular weight is 373 g/mol. The first-order chi connectivity index (χ1) is 12.8. The Morgan fingerprint density at radius 1 is 1.19 bits per heavy atom. The van der Waals surface area contributed by atoms with Gasteiger partial charge in [0.25, 0.3) is 11.6 Å². The topological polar surface area (TPSA) is 92.6 Å². The fraction of sp³-hybridized carbons (Fsp3) is 0.263. The molecule has 0 saturated carbocycles. The number of hydrogen-bond donors (Lipinski definition) is 1. The van der Waals surface area contributed by atoms with Crippen molar-refractivity contribution >= 4 is 17.5 Å². The van der Waals surface area contributed by atoms with Gasteiger partial charge in [-0.05, 0) is 37.6 Å². The van der Waals surface area contributed by atoms with Gasteiger partial charge in [-0.1, -0.05) is 18.2 Å². The van der Waals surface area contributed by atoms with Crippen LogP contribution in [0.2, 0.25) is 0 Å². The summed E-state index contributed by atoms with van der Waals surface area (Å²) in [5.41, 5.74) is 1.04. The van der Waals surface area contributed by atoms with Crippen molar-refractivity contribution in [2.45, 2.75) is 20.4 Å². The molecule has 142 valence electrons. The number of carbonyl (C=O) groups is 2. The van der Waals surface area contributed by atoms with Crippen LogP contribution in [0, 0.1) is 22.9 Å². The number of nitrogens with one attached hydrogen (secondary N) is 1. The lowest BCUT2D eigenvalue weighted by atomic mass is 10.1. The summed E-state index contributed by atoms with van der Waals surface area (Å²) in [7, 11) is 0. The van der Waals surface area contributed by atoms with Crippen molar-refractivity contribution in [1.29, 1.82) is 0 Å². The number of hydrogen-bond acceptors (Lipinski definition) is 4. The van der Waals surface area contributed by atoms with Crippen LogP contribution < -0.4 is 5.32 Å². The van der Waals surface area contributed by atoms with Crippen molar-refractivity contribution in [3.05, 3.63) is 75.1 Å². The Balaban J connectivity index is 2.04. The Hall–Kier alpha value is -3.29. The highest BCUT2D eigenvalue weighted by atomic mass is 19.1. The van der Waals surface area contributed by atoms with E-state index in [2.05, 4.69) is 5.32 Å². The van der Waals surface area contributed by atoms with Crippen LogP contribution in [0.25, 0.3) is 0 Å². The minimum atomic E-state index is -0.544. The molecule has 2 aromatic rings. The van der Waals surface area contributed by atoms with Crippen LogP contribution in [0.3, 0.4) is 0 Å². The number of nitro groups is 1. The van der Waals surface area contributed by atoms with Gasteiger partial charge in [0.05, 0.1) is 11.5 Å². The molecule has 7 nitrogen and oxygen atoms in total. The third-order valence-corrected chi connectivity index (χ3v) is 4.14. The van der Waals surface area contributed by atoms with Crippen LogP contribution in [0.5, 0.6) is 0 Å². The molecule has 8 heteroatoms. The van der Waals surface area contributed by atoms with Gasteiger partial charge in [0.1, 0.15) is 5.82 Å². The molecule has 2 rings (SSSR count). The summed E-state index contributed by atoms with van der Waals surface area (Å²) < 4.78 is 12.9. The Kier molecular flexibility index (Phi) is 6.59. The highest BCUT2D eigenvalue weighted by Gasteiger charge is 2.23. The molecule has 0 aliphatic rings. The second-order valence-electron chi connectivity index (χ2n) is 5.93. The van der Waals surface area contributed by atoms with E-state index >= 15 is 0 Å². The van der Waals surface area contributed by atoms with Gasteiger partial charge < -0.3 is 10.2 Å². The summed E-state index contributed by atoms with van der Waals surface area (Å²) >= 11 is 0. The predicted molar refractivity (Wildman–Crippen MR) is 97.7 cm³/mol. The smallest absolute Gasteiger partial charge is 0.273 e. The summed E-state index contributed by atoms with van der Waals surface area (Å²) in [5.74, 6) is -1.19. The van der Waals surface area contributed by atoms with E-state index in [0.29, 0.717) is 0 Å². The maximum Gasteiger partial charge on any atom is 0.273 e. The molecule has 0 radical (unpaired) electrons. The van der Waals surface area contributed by atoms with Crippen LogP contribution in [-0.2, 0) is 11.3 Å². The third kappa shape index (κ3) is 5.10.